The molecule has 0 saturated heterocycles. The number of hydrogen-bond donors (Lipinski definition) is 1. The Kier molecular flexibility index (Phi) is 4.54. The minimum absolute atomic E-state index is 0.108. The number of unbranched alkanes of at least 4 members (excludes halogenated alkanes) is 3. The summed E-state index contributed by atoms with van der Waals surface area (Å²) in [6.07, 6.45) is 6.25. The maximum absolute atomic E-state index is 12.7. The number of aryl methyl sites for hydroxylation is 3. The number of rotatable bonds is 7. The molecule has 0 atom stereocenters. The first-order valence-electron chi connectivity index (χ1n) is 9.94. The van der Waals surface area contributed by atoms with Gasteiger partial charge in [0.05, 0.1) is 12.6 Å². The molecule has 4 aromatic heterocycles. The third-order valence-corrected chi connectivity index (χ3v) is 5.08. The number of fused-ring (bicyclic) bond motifs is 2. The van der Waals surface area contributed by atoms with Gasteiger partial charge in [0.2, 0.25) is 0 Å². The molecule has 4 aromatic rings. The Hall–Kier alpha value is -3.50. The predicted molar refractivity (Wildman–Crippen MR) is 108 cm³/mol. The van der Waals surface area contributed by atoms with Crippen molar-refractivity contribution in [3.05, 3.63) is 39.8 Å². The predicted octanol–water partition coefficient (Wildman–Crippen LogP) is 0.416. The third kappa shape index (κ3) is 3.28. The lowest BCUT2D eigenvalue weighted by atomic mass is 10.2. The Morgan fingerprint density at radius 3 is 2.55 bits per heavy atom. The molecule has 0 amide bonds. The van der Waals surface area contributed by atoms with Crippen molar-refractivity contribution in [2.75, 3.05) is 5.73 Å². The van der Waals surface area contributed by atoms with Crippen LogP contribution in [0.1, 0.15) is 27.1 Å². The van der Waals surface area contributed by atoms with Crippen molar-refractivity contribution in [1.29, 1.82) is 0 Å². The molecule has 11 nitrogen and oxygen atoms in total. The molecule has 29 heavy (non-hydrogen) atoms. The van der Waals surface area contributed by atoms with E-state index in [2.05, 4.69) is 19.9 Å². The fraction of sp³-hybridized carbons (Fsp3) is 0.444. The highest BCUT2D eigenvalue weighted by Gasteiger charge is 2.14. The van der Waals surface area contributed by atoms with Gasteiger partial charge >= 0.3 is 5.69 Å². The molecule has 11 heteroatoms. The van der Waals surface area contributed by atoms with E-state index in [1.807, 2.05) is 0 Å². The summed E-state index contributed by atoms with van der Waals surface area (Å²) in [5.74, 6) is 0.268. The van der Waals surface area contributed by atoms with Crippen molar-refractivity contribution in [2.24, 2.45) is 14.1 Å². The van der Waals surface area contributed by atoms with Crippen molar-refractivity contribution in [3.63, 3.8) is 0 Å². The zero-order valence-corrected chi connectivity index (χ0v) is 16.4. The molecular formula is C18H23N9O2. The summed E-state index contributed by atoms with van der Waals surface area (Å²) in [6.45, 7) is 0.947. The molecule has 4 rings (SSSR count). The lowest BCUT2D eigenvalue weighted by Gasteiger charge is -2.09. The van der Waals surface area contributed by atoms with Crippen LogP contribution in [0.15, 0.2) is 28.5 Å². The van der Waals surface area contributed by atoms with Gasteiger partial charge in [-0.3, -0.25) is 13.9 Å². The average molecular weight is 398 g/mol. The number of aromatic nitrogens is 8. The number of anilines is 1. The van der Waals surface area contributed by atoms with Crippen molar-refractivity contribution < 1.29 is 1.37 Å². The molecule has 0 unspecified atom stereocenters. The van der Waals surface area contributed by atoms with E-state index in [-0.39, 0.29) is 23.4 Å². The van der Waals surface area contributed by atoms with Gasteiger partial charge in [0.1, 0.15) is 13.2 Å². The Morgan fingerprint density at radius 1 is 1.00 bits per heavy atom. The van der Waals surface area contributed by atoms with Crippen molar-refractivity contribution in [3.8, 4) is 0 Å². The van der Waals surface area contributed by atoms with Crippen LogP contribution in [0.2, 0.25) is 0 Å². The smallest absolute Gasteiger partial charge is 0.332 e. The van der Waals surface area contributed by atoms with E-state index < -0.39 is 0 Å². The van der Waals surface area contributed by atoms with Crippen molar-refractivity contribution in [1.82, 2.24) is 38.2 Å². The SMILES string of the molecule is [2H]c1nc2c(N)ncnc2n1CCCCCCn1c(=O)c2c(ncn2C)n(C)c1=O. The molecule has 0 fully saturated rings. The maximum atomic E-state index is 12.7. The molecule has 0 saturated carbocycles. The van der Waals surface area contributed by atoms with Crippen molar-refractivity contribution >= 4 is 28.1 Å². The molecule has 152 valence electrons. The van der Waals surface area contributed by atoms with E-state index >= 15 is 0 Å². The zero-order chi connectivity index (χ0) is 21.4. The molecule has 0 aliphatic carbocycles. The molecule has 0 bridgehead atoms. The number of hydrogen-bond acceptors (Lipinski definition) is 7. The number of nitrogen functional groups attached to an aromatic ring is 1. The summed E-state index contributed by atoms with van der Waals surface area (Å²) in [6, 6.07) is 0. The Labute approximate surface area is 166 Å². The maximum Gasteiger partial charge on any atom is 0.332 e. The second-order valence-corrected chi connectivity index (χ2v) is 7.03. The van der Waals surface area contributed by atoms with Gasteiger partial charge in [-0.2, -0.15) is 0 Å². The Bertz CT molecular complexity index is 1350. The highest BCUT2D eigenvalue weighted by Crippen LogP contribution is 2.15. The van der Waals surface area contributed by atoms with E-state index in [4.69, 9.17) is 7.10 Å². The van der Waals surface area contributed by atoms with Gasteiger partial charge in [0.25, 0.3) is 5.56 Å². The van der Waals surface area contributed by atoms with Gasteiger partial charge in [0.15, 0.2) is 22.6 Å². The first-order chi connectivity index (χ1) is 14.4. The summed E-state index contributed by atoms with van der Waals surface area (Å²) in [5.41, 5.74) is 6.95. The second-order valence-electron chi connectivity index (χ2n) is 7.03. The third-order valence-electron chi connectivity index (χ3n) is 5.08. The highest BCUT2D eigenvalue weighted by molar-refractivity contribution is 5.81. The van der Waals surface area contributed by atoms with E-state index in [1.54, 1.807) is 23.2 Å². The van der Waals surface area contributed by atoms with Gasteiger partial charge in [-0.05, 0) is 12.8 Å². The van der Waals surface area contributed by atoms with Crippen LogP contribution in [0, 0.1) is 0 Å². The van der Waals surface area contributed by atoms with E-state index in [0.717, 1.165) is 19.3 Å². The molecule has 0 aromatic carbocycles. The average Bonchev–Trinajstić information content (AvgIpc) is 3.26. The molecule has 0 aliphatic rings. The van der Waals surface area contributed by atoms with E-state index in [9.17, 15) is 9.59 Å². The van der Waals surface area contributed by atoms with Crippen LogP contribution in [0.25, 0.3) is 22.3 Å². The van der Waals surface area contributed by atoms with Crippen LogP contribution >= 0.6 is 0 Å². The summed E-state index contributed by atoms with van der Waals surface area (Å²) >= 11 is 0. The lowest BCUT2D eigenvalue weighted by molar-refractivity contribution is 0.518. The topological polar surface area (TPSA) is 131 Å². The monoisotopic (exact) mass is 398 g/mol. The van der Waals surface area contributed by atoms with Gasteiger partial charge in [0, 0.05) is 27.2 Å². The summed E-state index contributed by atoms with van der Waals surface area (Å²) in [4.78, 5) is 41.5. The van der Waals surface area contributed by atoms with Crippen LogP contribution in [-0.2, 0) is 27.2 Å². The van der Waals surface area contributed by atoms with Crippen LogP contribution in [0.3, 0.4) is 0 Å². The summed E-state index contributed by atoms with van der Waals surface area (Å²) < 4.78 is 14.0. The Balaban J connectivity index is 1.37. The molecule has 0 spiro atoms. The largest absolute Gasteiger partial charge is 0.382 e. The number of nitrogens with two attached hydrogens (primary N) is 1. The van der Waals surface area contributed by atoms with Gasteiger partial charge in [-0.15, -0.1) is 0 Å². The van der Waals surface area contributed by atoms with Gasteiger partial charge < -0.3 is 14.9 Å². The fourth-order valence-electron chi connectivity index (χ4n) is 3.49. The first kappa shape index (κ1) is 17.6. The van der Waals surface area contributed by atoms with Gasteiger partial charge in [-0.1, -0.05) is 12.8 Å². The quantitative estimate of drug-likeness (QED) is 0.446. The summed E-state index contributed by atoms with van der Waals surface area (Å²) in [5, 5.41) is 0. The number of nitrogens with zero attached hydrogens (tertiary/aromatic N) is 8. The standard InChI is InChI=1S/C18H23N9O2/c1-24-10-23-16-13(24)17(28)27(18(29)25(16)2)8-6-4-3-5-7-26-11-22-12-14(19)20-9-21-15(12)26/h9-11H,3-8H2,1-2H3,(H2,19,20,21)/i11D. The van der Waals surface area contributed by atoms with Crippen LogP contribution in [0.4, 0.5) is 5.82 Å². The minimum atomic E-state index is -0.354. The molecular weight excluding hydrogens is 374 g/mol. The highest BCUT2D eigenvalue weighted by atomic mass is 16.2. The second kappa shape index (κ2) is 7.49. The van der Waals surface area contributed by atoms with Crippen LogP contribution in [-0.4, -0.2) is 38.2 Å². The van der Waals surface area contributed by atoms with E-state index in [0.29, 0.717) is 41.8 Å². The lowest BCUT2D eigenvalue weighted by Crippen LogP contribution is -2.39. The first-order valence-corrected chi connectivity index (χ1v) is 9.44. The normalized spacial score (nSPS) is 12.1. The summed E-state index contributed by atoms with van der Waals surface area (Å²) in [7, 11) is 3.36. The van der Waals surface area contributed by atoms with Crippen molar-refractivity contribution in [2.45, 2.75) is 38.8 Å². The minimum Gasteiger partial charge on any atom is -0.382 e. The number of imidazole rings is 2. The van der Waals surface area contributed by atoms with Crippen LogP contribution < -0.4 is 17.0 Å². The molecule has 0 radical (unpaired) electrons. The molecule has 0 aliphatic heterocycles. The molecule has 2 N–H and O–H groups in total. The Morgan fingerprint density at radius 2 is 1.76 bits per heavy atom. The zero-order valence-electron chi connectivity index (χ0n) is 17.4. The van der Waals surface area contributed by atoms with E-state index in [1.165, 1.54) is 21.8 Å². The molecule has 4 heterocycles. The fourth-order valence-corrected chi connectivity index (χ4v) is 3.49. The van der Waals surface area contributed by atoms with Gasteiger partial charge in [-0.25, -0.2) is 24.7 Å². The van der Waals surface area contributed by atoms with Crippen LogP contribution in [0.5, 0.6) is 0 Å².